The zero-order valence-electron chi connectivity index (χ0n) is 41.7. The SMILES string of the molecule is C/N=c1\ccc2c(-c3ccc(C(=O)NCCCCCNC(=O)CN(CCN(CC(=O)O)CC(=O)Nc4ccc(S(N)(=O)=O)cc4)CC(=O)Nc4ccc(S(N)(=O)=O)cc4)cc3C(=O)O)c3ccc(N(C)C)cc3oc-2c1. The van der Waals surface area contributed by atoms with Crippen LogP contribution < -0.4 is 41.8 Å². The van der Waals surface area contributed by atoms with Crippen LogP contribution in [0.5, 0.6) is 0 Å². The zero-order chi connectivity index (χ0) is 55.3. The number of nitrogens with two attached hydrogens (primary N) is 2. The van der Waals surface area contributed by atoms with E-state index >= 15 is 0 Å². The predicted molar refractivity (Wildman–Crippen MR) is 284 cm³/mol. The summed E-state index contributed by atoms with van der Waals surface area (Å²) in [5, 5.41) is 42.5. The Balaban J connectivity index is 1.04. The molecule has 0 fully saturated rings. The van der Waals surface area contributed by atoms with Crippen molar-refractivity contribution in [2.24, 2.45) is 15.3 Å². The monoisotopic (exact) mass is 1080 g/mol. The van der Waals surface area contributed by atoms with E-state index in [1.165, 1.54) is 64.4 Å². The van der Waals surface area contributed by atoms with E-state index in [0.29, 0.717) is 58.0 Å². The van der Waals surface area contributed by atoms with Gasteiger partial charge in [-0.15, -0.1) is 0 Å². The number of carbonyl (C=O) groups excluding carboxylic acids is 4. The number of carbonyl (C=O) groups is 6. The molecule has 4 aromatic rings. The first kappa shape index (κ1) is 57.2. The second kappa shape index (κ2) is 25.4. The Morgan fingerprint density at radius 3 is 1.68 bits per heavy atom. The molecule has 76 heavy (non-hydrogen) atoms. The number of primary sulfonamides is 2. The average Bonchev–Trinajstić information content (AvgIpc) is 3.36. The molecule has 402 valence electrons. The molecule has 4 amide bonds. The highest BCUT2D eigenvalue weighted by atomic mass is 32.2. The Labute approximate surface area is 438 Å². The van der Waals surface area contributed by atoms with Crippen LogP contribution in [-0.2, 0) is 39.2 Å². The quantitative estimate of drug-likeness (QED) is 0.0302. The van der Waals surface area contributed by atoms with Crippen molar-refractivity contribution in [3.05, 3.63) is 120 Å². The first-order chi connectivity index (χ1) is 36.0. The van der Waals surface area contributed by atoms with Gasteiger partial charge in [0, 0.05) is 98.6 Å². The van der Waals surface area contributed by atoms with Crippen LogP contribution >= 0.6 is 0 Å². The maximum atomic E-state index is 13.4. The van der Waals surface area contributed by atoms with Crippen molar-refractivity contribution in [3.63, 3.8) is 0 Å². The molecule has 23 nitrogen and oxygen atoms in total. The lowest BCUT2D eigenvalue weighted by molar-refractivity contribution is -0.139. The van der Waals surface area contributed by atoms with Gasteiger partial charge in [-0.05, 0) is 110 Å². The molecule has 0 unspecified atom stereocenters. The predicted octanol–water partition coefficient (Wildman–Crippen LogP) is 2.78. The number of amides is 4. The van der Waals surface area contributed by atoms with Gasteiger partial charge < -0.3 is 40.8 Å². The molecule has 0 atom stereocenters. The lowest BCUT2D eigenvalue weighted by Gasteiger charge is -2.26. The summed E-state index contributed by atoms with van der Waals surface area (Å²) in [6.45, 7) is -1.44. The highest BCUT2D eigenvalue weighted by Gasteiger charge is 2.24. The van der Waals surface area contributed by atoms with Crippen LogP contribution in [0.3, 0.4) is 0 Å². The smallest absolute Gasteiger partial charge is 0.336 e. The zero-order valence-corrected chi connectivity index (χ0v) is 43.4. The Morgan fingerprint density at radius 2 is 1.16 bits per heavy atom. The second-order valence-electron chi connectivity index (χ2n) is 17.7. The molecule has 4 aromatic carbocycles. The molecular weight excluding hydrogens is 1020 g/mol. The number of rotatable bonds is 25. The molecule has 25 heteroatoms. The number of aliphatic carboxylic acids is 1. The minimum Gasteiger partial charge on any atom is -0.480 e. The molecular formula is C51H58N10O13S2. The van der Waals surface area contributed by atoms with E-state index in [4.69, 9.17) is 14.7 Å². The number of anilines is 3. The third-order valence-corrected chi connectivity index (χ3v) is 13.7. The molecule has 0 spiro atoms. The molecule has 10 N–H and O–H groups in total. The number of fused-ring (bicyclic) bond motifs is 2. The van der Waals surface area contributed by atoms with Gasteiger partial charge in [0.2, 0.25) is 37.8 Å². The fraction of sp³-hybridized carbons (Fsp3) is 0.275. The minimum absolute atomic E-state index is 0.0734. The third kappa shape index (κ3) is 16.0. The number of hydrogen-bond acceptors (Lipinski definition) is 15. The number of hydrogen-bond donors (Lipinski definition) is 8. The van der Waals surface area contributed by atoms with E-state index in [0.717, 1.165) is 5.69 Å². The van der Waals surface area contributed by atoms with Gasteiger partial charge >= 0.3 is 11.9 Å². The summed E-state index contributed by atoms with van der Waals surface area (Å²) >= 11 is 0. The maximum Gasteiger partial charge on any atom is 0.336 e. The highest BCUT2D eigenvalue weighted by molar-refractivity contribution is 7.89. The van der Waals surface area contributed by atoms with Crippen LogP contribution in [-0.4, -0.2) is 146 Å². The van der Waals surface area contributed by atoms with Crippen molar-refractivity contribution in [1.82, 2.24) is 20.4 Å². The van der Waals surface area contributed by atoms with E-state index < -0.39 is 68.7 Å². The average molecular weight is 1080 g/mol. The Morgan fingerprint density at radius 1 is 0.618 bits per heavy atom. The molecule has 0 saturated heterocycles. The molecule has 0 radical (unpaired) electrons. The first-order valence-electron chi connectivity index (χ1n) is 23.5. The van der Waals surface area contributed by atoms with Crippen molar-refractivity contribution < 1.29 is 60.2 Å². The number of unbranched alkanes of at least 4 members (excludes halogenated alkanes) is 2. The van der Waals surface area contributed by atoms with E-state index in [9.17, 15) is 55.8 Å². The van der Waals surface area contributed by atoms with Crippen LogP contribution in [0.2, 0.25) is 0 Å². The summed E-state index contributed by atoms with van der Waals surface area (Å²) in [4.78, 5) is 85.9. The van der Waals surface area contributed by atoms with E-state index in [1.807, 2.05) is 49.3 Å². The topological polar surface area (TPSA) is 347 Å². The number of carboxylic acid groups (broad SMARTS) is 2. The van der Waals surface area contributed by atoms with Gasteiger partial charge in [0.1, 0.15) is 11.3 Å². The molecule has 6 rings (SSSR count). The summed E-state index contributed by atoms with van der Waals surface area (Å²) in [6, 6.07) is 25.7. The van der Waals surface area contributed by atoms with Gasteiger partial charge in [0.25, 0.3) is 5.91 Å². The number of nitrogens with zero attached hydrogens (tertiary/aromatic N) is 4. The van der Waals surface area contributed by atoms with Gasteiger partial charge in [0.05, 0.1) is 46.9 Å². The van der Waals surface area contributed by atoms with E-state index in [2.05, 4.69) is 26.3 Å². The van der Waals surface area contributed by atoms with Crippen LogP contribution in [0.15, 0.2) is 122 Å². The van der Waals surface area contributed by atoms with Crippen molar-refractivity contribution >= 4 is 83.6 Å². The fourth-order valence-corrected chi connectivity index (χ4v) is 9.07. The molecule has 1 heterocycles. The van der Waals surface area contributed by atoms with Gasteiger partial charge in [0.15, 0.2) is 0 Å². The molecule has 2 aliphatic rings. The second-order valence-corrected chi connectivity index (χ2v) is 20.9. The standard InChI is InChI=1S/C51H58N10O13S2/c1-54-35-12-19-40-43(26-35)74-44-27-36(59(2)3)13-20-41(44)49(40)39-18-7-32(25-42(39)51(68)69)50(67)56-22-6-4-5-21-55-45(62)28-60(29-46(63)57-33-8-14-37(15-9-33)75(52,70)71)23-24-61(31-48(65)66)30-47(64)58-34-10-16-38(17-11-34)76(53,72)73/h7-20,25-27H,4-6,21-24,28-31H2,1-3H3,(H,55,62)(H,56,67)(H,57,63)(H,58,64)(H,65,66)(H,68,69)(H2,52,70,71)(H2,53,72,73)/b54-35+. The molecule has 0 saturated carbocycles. The van der Waals surface area contributed by atoms with Crippen molar-refractivity contribution in [2.45, 2.75) is 29.1 Å². The maximum absolute atomic E-state index is 13.4. The fourth-order valence-electron chi connectivity index (χ4n) is 8.04. The Bertz CT molecular complexity index is 3400. The van der Waals surface area contributed by atoms with Gasteiger partial charge in [-0.25, -0.2) is 31.9 Å². The molecule has 1 aliphatic heterocycles. The number of benzene rings is 5. The van der Waals surface area contributed by atoms with Gasteiger partial charge in [-0.3, -0.25) is 38.8 Å². The molecule has 0 bridgehead atoms. The van der Waals surface area contributed by atoms with Crippen LogP contribution in [0.4, 0.5) is 17.1 Å². The van der Waals surface area contributed by atoms with Crippen molar-refractivity contribution in [2.75, 3.05) is 89.0 Å². The lowest BCUT2D eigenvalue weighted by atomic mass is 9.89. The number of sulfonamides is 2. The summed E-state index contributed by atoms with van der Waals surface area (Å²) in [5.41, 5.74) is 3.62. The van der Waals surface area contributed by atoms with Gasteiger partial charge in [-0.2, -0.15) is 0 Å². The van der Waals surface area contributed by atoms with Crippen LogP contribution in [0, 0.1) is 0 Å². The first-order valence-corrected chi connectivity index (χ1v) is 26.6. The van der Waals surface area contributed by atoms with Crippen LogP contribution in [0.25, 0.3) is 33.4 Å². The van der Waals surface area contributed by atoms with Crippen molar-refractivity contribution in [3.8, 4) is 22.5 Å². The lowest BCUT2D eigenvalue weighted by Crippen LogP contribution is -2.46. The van der Waals surface area contributed by atoms with Crippen LogP contribution in [0.1, 0.15) is 40.0 Å². The Kier molecular flexibility index (Phi) is 19.2. The minimum atomic E-state index is -4.00. The normalized spacial score (nSPS) is 12.0. The highest BCUT2D eigenvalue weighted by Crippen LogP contribution is 2.42. The summed E-state index contributed by atoms with van der Waals surface area (Å²) in [7, 11) is -2.52. The van der Waals surface area contributed by atoms with E-state index in [1.54, 1.807) is 25.2 Å². The largest absolute Gasteiger partial charge is 0.480 e. The molecule has 0 aromatic heterocycles. The summed E-state index contributed by atoms with van der Waals surface area (Å²) in [6.07, 6.45) is 1.58. The Hall–Kier alpha value is -8.07. The van der Waals surface area contributed by atoms with E-state index in [-0.39, 0.29) is 71.6 Å². The third-order valence-electron chi connectivity index (χ3n) is 11.8. The van der Waals surface area contributed by atoms with Crippen molar-refractivity contribution in [1.29, 1.82) is 0 Å². The number of aromatic carboxylic acids is 1. The number of carboxylic acids is 2. The summed E-state index contributed by atoms with van der Waals surface area (Å²) < 4.78 is 52.9. The summed E-state index contributed by atoms with van der Waals surface area (Å²) in [5.74, 6) is -4.18. The van der Waals surface area contributed by atoms with Gasteiger partial charge in [-0.1, -0.05) is 6.07 Å². The number of nitrogens with one attached hydrogen (secondary N) is 4. The molecule has 1 aliphatic carbocycles.